The van der Waals surface area contributed by atoms with Crippen LogP contribution in [0.4, 0.5) is 0 Å². The number of hydrogen-bond acceptors (Lipinski definition) is 6. The van der Waals surface area contributed by atoms with Crippen LogP contribution in [-0.2, 0) is 28.4 Å². The molecule has 5 fully saturated rings. The standard InChI is InChI=1S/C21H30O6/c1-3-8-19(9-4-1)23-14-15(24-19)16-17-18(21(26-16)12-7-13-22-21)27-20(25-17)10-5-2-6-11-20/h7,13,15-18H,1-6,8-12,14H2/t15-,16-,17+,18+,21+/m1/s1. The molecule has 3 spiro atoms. The Bertz CT molecular complexity index is 598. The van der Waals surface area contributed by atoms with Crippen LogP contribution in [0, 0.1) is 0 Å². The molecule has 6 heteroatoms. The molecule has 0 N–H and O–H groups in total. The largest absolute Gasteiger partial charge is 0.467 e. The van der Waals surface area contributed by atoms with Crippen LogP contribution < -0.4 is 0 Å². The second-order valence-electron chi connectivity index (χ2n) is 9.12. The molecule has 2 aliphatic carbocycles. The minimum absolute atomic E-state index is 0.124. The van der Waals surface area contributed by atoms with E-state index in [1.165, 1.54) is 25.7 Å². The third kappa shape index (κ3) is 2.64. The first kappa shape index (κ1) is 17.2. The Morgan fingerprint density at radius 2 is 1.44 bits per heavy atom. The number of fused-ring (bicyclic) bond motifs is 2. The average molecular weight is 378 g/mol. The Labute approximate surface area is 160 Å². The van der Waals surface area contributed by atoms with Crippen molar-refractivity contribution in [3.05, 3.63) is 12.3 Å². The summed E-state index contributed by atoms with van der Waals surface area (Å²) in [5, 5.41) is 0. The minimum atomic E-state index is -0.762. The zero-order valence-corrected chi connectivity index (χ0v) is 15.9. The summed E-state index contributed by atoms with van der Waals surface area (Å²) in [6.45, 7) is 0.563. The third-order valence-corrected chi connectivity index (χ3v) is 7.32. The Kier molecular flexibility index (Phi) is 3.93. The van der Waals surface area contributed by atoms with Gasteiger partial charge in [0.2, 0.25) is 5.79 Å². The first-order chi connectivity index (χ1) is 13.2. The Morgan fingerprint density at radius 1 is 0.704 bits per heavy atom. The summed E-state index contributed by atoms with van der Waals surface area (Å²) >= 11 is 0. The quantitative estimate of drug-likeness (QED) is 0.696. The van der Waals surface area contributed by atoms with Crippen molar-refractivity contribution in [2.24, 2.45) is 0 Å². The van der Waals surface area contributed by atoms with Crippen molar-refractivity contribution in [3.8, 4) is 0 Å². The first-order valence-electron chi connectivity index (χ1n) is 10.9. The Balaban J connectivity index is 1.26. The first-order valence-corrected chi connectivity index (χ1v) is 10.9. The van der Waals surface area contributed by atoms with Crippen molar-refractivity contribution >= 4 is 0 Å². The molecule has 0 aromatic carbocycles. The molecule has 2 saturated carbocycles. The lowest BCUT2D eigenvalue weighted by atomic mass is 9.94. The van der Waals surface area contributed by atoms with Gasteiger partial charge < -0.3 is 28.4 Å². The molecule has 0 aromatic heterocycles. The summed E-state index contributed by atoms with van der Waals surface area (Å²) < 4.78 is 38.3. The zero-order chi connectivity index (χ0) is 18.0. The fraction of sp³-hybridized carbons (Fsp3) is 0.905. The highest BCUT2D eigenvalue weighted by atomic mass is 16.8. The second-order valence-corrected chi connectivity index (χ2v) is 9.12. The predicted octanol–water partition coefficient (Wildman–Crippen LogP) is 3.54. The Hall–Kier alpha value is -0.660. The van der Waals surface area contributed by atoms with Crippen LogP contribution in [-0.4, -0.2) is 48.4 Å². The second kappa shape index (κ2) is 6.17. The van der Waals surface area contributed by atoms with Crippen molar-refractivity contribution < 1.29 is 28.4 Å². The third-order valence-electron chi connectivity index (χ3n) is 7.32. The molecule has 0 bridgehead atoms. The van der Waals surface area contributed by atoms with Crippen molar-refractivity contribution in [2.45, 2.75) is 112 Å². The lowest BCUT2D eigenvalue weighted by Crippen LogP contribution is -2.45. The summed E-state index contributed by atoms with van der Waals surface area (Å²) in [5.41, 5.74) is 0. The van der Waals surface area contributed by atoms with Crippen LogP contribution in [0.5, 0.6) is 0 Å². The van der Waals surface area contributed by atoms with E-state index in [0.717, 1.165) is 38.5 Å². The van der Waals surface area contributed by atoms with Gasteiger partial charge in [0.1, 0.15) is 18.3 Å². The molecule has 0 aromatic rings. The molecule has 0 radical (unpaired) electrons. The number of rotatable bonds is 1. The van der Waals surface area contributed by atoms with E-state index in [2.05, 4.69) is 0 Å². The van der Waals surface area contributed by atoms with Gasteiger partial charge in [0.15, 0.2) is 17.7 Å². The van der Waals surface area contributed by atoms with Crippen molar-refractivity contribution in [1.29, 1.82) is 0 Å². The van der Waals surface area contributed by atoms with E-state index in [4.69, 9.17) is 28.4 Å². The van der Waals surface area contributed by atoms with Crippen LogP contribution in [0.1, 0.15) is 70.6 Å². The maximum atomic E-state index is 6.61. The molecule has 6 aliphatic rings. The molecule has 3 saturated heterocycles. The van der Waals surface area contributed by atoms with Crippen LogP contribution in [0.25, 0.3) is 0 Å². The highest BCUT2D eigenvalue weighted by molar-refractivity contribution is 5.12. The van der Waals surface area contributed by atoms with Gasteiger partial charge >= 0.3 is 0 Å². The topological polar surface area (TPSA) is 55.4 Å². The van der Waals surface area contributed by atoms with E-state index in [9.17, 15) is 0 Å². The maximum absolute atomic E-state index is 6.61. The SMILES string of the molecule is C1=CO[C@@]2(C1)O[C@H]([C@H]1COC3(CCCCC3)O1)[C@@H]1OC3(CCCCC3)O[C@@H]12. The zero-order valence-electron chi connectivity index (χ0n) is 15.9. The van der Waals surface area contributed by atoms with Gasteiger partial charge in [-0.2, -0.15) is 0 Å². The smallest absolute Gasteiger partial charge is 0.242 e. The molecule has 6 nitrogen and oxygen atoms in total. The van der Waals surface area contributed by atoms with Crippen LogP contribution in [0.15, 0.2) is 12.3 Å². The van der Waals surface area contributed by atoms with Crippen LogP contribution in [0.2, 0.25) is 0 Å². The monoisotopic (exact) mass is 378 g/mol. The van der Waals surface area contributed by atoms with Gasteiger partial charge in [-0.05, 0) is 31.8 Å². The molecule has 4 heterocycles. The lowest BCUT2D eigenvalue weighted by Gasteiger charge is -2.37. The van der Waals surface area contributed by atoms with Gasteiger partial charge in [-0.3, -0.25) is 0 Å². The molecule has 4 aliphatic heterocycles. The molecule has 6 rings (SSSR count). The summed E-state index contributed by atoms with van der Waals surface area (Å²) in [7, 11) is 0. The minimum Gasteiger partial charge on any atom is -0.467 e. The van der Waals surface area contributed by atoms with Crippen LogP contribution in [0.3, 0.4) is 0 Å². The summed E-state index contributed by atoms with van der Waals surface area (Å²) in [4.78, 5) is 0. The van der Waals surface area contributed by atoms with E-state index in [-0.39, 0.29) is 24.4 Å². The van der Waals surface area contributed by atoms with Crippen molar-refractivity contribution in [2.75, 3.05) is 6.61 Å². The average Bonchev–Trinajstić information content (AvgIpc) is 3.44. The van der Waals surface area contributed by atoms with E-state index in [1.54, 1.807) is 6.26 Å². The number of hydrogen-bond donors (Lipinski definition) is 0. The summed E-state index contributed by atoms with van der Waals surface area (Å²) in [5.74, 6) is -1.63. The molecular weight excluding hydrogens is 348 g/mol. The summed E-state index contributed by atoms with van der Waals surface area (Å²) in [6.07, 6.45) is 14.8. The highest BCUT2D eigenvalue weighted by Crippen LogP contribution is 2.53. The lowest BCUT2D eigenvalue weighted by molar-refractivity contribution is -0.294. The predicted molar refractivity (Wildman–Crippen MR) is 94.6 cm³/mol. The van der Waals surface area contributed by atoms with Gasteiger partial charge in [0, 0.05) is 32.1 Å². The van der Waals surface area contributed by atoms with Crippen LogP contribution >= 0.6 is 0 Å². The number of ether oxygens (including phenoxy) is 6. The summed E-state index contributed by atoms with van der Waals surface area (Å²) in [6, 6.07) is 0. The van der Waals surface area contributed by atoms with Gasteiger partial charge in [0.05, 0.1) is 12.9 Å². The molecule has 0 amide bonds. The maximum Gasteiger partial charge on any atom is 0.242 e. The normalized spacial score (nSPS) is 47.1. The van der Waals surface area contributed by atoms with Crippen molar-refractivity contribution in [1.82, 2.24) is 0 Å². The van der Waals surface area contributed by atoms with Crippen molar-refractivity contribution in [3.63, 3.8) is 0 Å². The molecule has 0 unspecified atom stereocenters. The van der Waals surface area contributed by atoms with Gasteiger partial charge in [-0.15, -0.1) is 0 Å². The molecular formula is C21H30O6. The fourth-order valence-corrected chi connectivity index (χ4v) is 5.97. The van der Waals surface area contributed by atoms with E-state index >= 15 is 0 Å². The van der Waals surface area contributed by atoms with Gasteiger partial charge in [-0.25, -0.2) is 0 Å². The van der Waals surface area contributed by atoms with E-state index in [1.807, 2.05) is 6.08 Å². The van der Waals surface area contributed by atoms with Gasteiger partial charge in [-0.1, -0.05) is 12.8 Å². The molecule has 5 atom stereocenters. The molecule has 27 heavy (non-hydrogen) atoms. The van der Waals surface area contributed by atoms with Gasteiger partial charge in [0.25, 0.3) is 0 Å². The van der Waals surface area contributed by atoms with E-state index < -0.39 is 17.4 Å². The molecule has 150 valence electrons. The Morgan fingerprint density at radius 3 is 2.15 bits per heavy atom. The highest BCUT2D eigenvalue weighted by Gasteiger charge is 2.68. The fourth-order valence-electron chi connectivity index (χ4n) is 5.97. The van der Waals surface area contributed by atoms with E-state index in [0.29, 0.717) is 13.0 Å².